The van der Waals surface area contributed by atoms with E-state index in [-0.39, 0.29) is 11.4 Å². The van der Waals surface area contributed by atoms with Crippen LogP contribution in [0.4, 0.5) is 5.69 Å². The lowest BCUT2D eigenvalue weighted by molar-refractivity contribution is 0.179. The number of aliphatic hydroxyl groups is 1. The van der Waals surface area contributed by atoms with Crippen LogP contribution in [0.5, 0.6) is 0 Å². The van der Waals surface area contributed by atoms with E-state index in [1.54, 1.807) is 36.4 Å². The first-order valence-electron chi connectivity index (χ1n) is 8.33. The molecule has 24 heavy (non-hydrogen) atoms. The smallest absolute Gasteiger partial charge is 0.264 e. The van der Waals surface area contributed by atoms with Crippen LogP contribution in [0.3, 0.4) is 0 Å². The summed E-state index contributed by atoms with van der Waals surface area (Å²) in [5.74, 6) is 0. The number of anilines is 1. The van der Waals surface area contributed by atoms with Gasteiger partial charge in [-0.3, -0.25) is 4.31 Å². The summed E-state index contributed by atoms with van der Waals surface area (Å²) in [7, 11) is -3.72. The van der Waals surface area contributed by atoms with Gasteiger partial charge < -0.3 is 5.11 Å². The minimum absolute atomic E-state index is 0.0412. The maximum Gasteiger partial charge on any atom is 0.264 e. The van der Waals surface area contributed by atoms with Crippen LogP contribution in [0.2, 0.25) is 0 Å². The zero-order valence-corrected chi connectivity index (χ0v) is 15.0. The number of hydrogen-bond donors (Lipinski definition) is 1. The molecule has 2 aromatic carbocycles. The van der Waals surface area contributed by atoms with Crippen molar-refractivity contribution in [1.29, 1.82) is 0 Å². The van der Waals surface area contributed by atoms with Crippen molar-refractivity contribution < 1.29 is 13.5 Å². The summed E-state index contributed by atoms with van der Waals surface area (Å²) in [4.78, 5) is 0.245. The number of nitrogens with zero attached hydrogens (tertiary/aromatic N) is 1. The molecule has 4 nitrogen and oxygen atoms in total. The molecule has 130 valence electrons. The summed E-state index contributed by atoms with van der Waals surface area (Å²) in [6.45, 7) is 3.97. The molecule has 2 aromatic rings. The molecule has 0 fully saturated rings. The topological polar surface area (TPSA) is 57.6 Å². The van der Waals surface area contributed by atoms with Crippen molar-refractivity contribution in [1.82, 2.24) is 0 Å². The maximum atomic E-state index is 13.1. The molecule has 1 N–H and O–H groups in total. The molecule has 1 atom stereocenters. The molecule has 0 saturated carbocycles. The Bertz CT molecular complexity index is 727. The highest BCUT2D eigenvalue weighted by Gasteiger charge is 2.26. The van der Waals surface area contributed by atoms with Crippen molar-refractivity contribution in [3.05, 3.63) is 60.2 Å². The lowest BCUT2D eigenvalue weighted by Gasteiger charge is -2.26. The molecule has 0 heterocycles. The number of para-hydroxylation sites is 1. The Morgan fingerprint density at radius 3 is 2.17 bits per heavy atom. The molecule has 0 aliphatic heterocycles. The van der Waals surface area contributed by atoms with Crippen molar-refractivity contribution >= 4 is 15.7 Å². The molecule has 5 heteroatoms. The highest BCUT2D eigenvalue weighted by atomic mass is 32.2. The predicted molar refractivity (Wildman–Crippen MR) is 97.7 cm³/mol. The van der Waals surface area contributed by atoms with E-state index in [0.717, 1.165) is 18.4 Å². The molecule has 0 aliphatic rings. The van der Waals surface area contributed by atoms with Crippen molar-refractivity contribution in [2.24, 2.45) is 0 Å². The van der Waals surface area contributed by atoms with Crippen molar-refractivity contribution in [2.75, 3.05) is 10.8 Å². The summed E-state index contributed by atoms with van der Waals surface area (Å²) in [6.07, 6.45) is 1.73. The van der Waals surface area contributed by atoms with Crippen LogP contribution in [-0.4, -0.2) is 26.2 Å². The van der Waals surface area contributed by atoms with Crippen molar-refractivity contribution in [3.8, 4) is 0 Å². The minimum atomic E-state index is -3.72. The zero-order chi connectivity index (χ0) is 17.6. The molecule has 0 saturated heterocycles. The summed E-state index contributed by atoms with van der Waals surface area (Å²) in [6, 6.07) is 15.9. The van der Waals surface area contributed by atoms with Crippen LogP contribution in [0.15, 0.2) is 59.5 Å². The standard InChI is InChI=1S/C19H25NO3S/c1-3-8-16-11-13-19(14-12-16)24(22,23)20(15-18(21)4-2)17-9-6-5-7-10-17/h5-7,9-14,18,21H,3-4,8,15H2,1-2H3/t18-/m0/s1. The van der Waals surface area contributed by atoms with Gasteiger partial charge in [0.1, 0.15) is 0 Å². The summed E-state index contributed by atoms with van der Waals surface area (Å²) in [5, 5.41) is 10.0. The van der Waals surface area contributed by atoms with E-state index in [0.29, 0.717) is 12.1 Å². The molecule has 0 spiro atoms. The number of aliphatic hydroxyl groups excluding tert-OH is 1. The Balaban J connectivity index is 2.39. The number of sulfonamides is 1. The van der Waals surface area contributed by atoms with Gasteiger partial charge in [-0.25, -0.2) is 8.42 Å². The van der Waals surface area contributed by atoms with E-state index < -0.39 is 16.1 Å². The van der Waals surface area contributed by atoms with Gasteiger partial charge in [0.2, 0.25) is 0 Å². The van der Waals surface area contributed by atoms with Gasteiger partial charge in [0.25, 0.3) is 10.0 Å². The van der Waals surface area contributed by atoms with Gasteiger partial charge >= 0.3 is 0 Å². The predicted octanol–water partition coefficient (Wildman–Crippen LogP) is 3.61. The molecule has 0 unspecified atom stereocenters. The lowest BCUT2D eigenvalue weighted by Crippen LogP contribution is -2.37. The second-order valence-electron chi connectivity index (χ2n) is 5.83. The van der Waals surface area contributed by atoms with Crippen LogP contribution >= 0.6 is 0 Å². The third-order valence-corrected chi connectivity index (χ3v) is 5.75. The van der Waals surface area contributed by atoms with Gasteiger partial charge in [0.05, 0.1) is 23.2 Å². The number of hydrogen-bond acceptors (Lipinski definition) is 3. The van der Waals surface area contributed by atoms with Crippen LogP contribution in [0.25, 0.3) is 0 Å². The van der Waals surface area contributed by atoms with Crippen molar-refractivity contribution in [2.45, 2.75) is 44.1 Å². The van der Waals surface area contributed by atoms with E-state index in [4.69, 9.17) is 0 Å². The molecular formula is C19H25NO3S. The van der Waals surface area contributed by atoms with Gasteiger partial charge in [-0.2, -0.15) is 0 Å². The molecule has 0 amide bonds. The number of benzene rings is 2. The van der Waals surface area contributed by atoms with Gasteiger partial charge in [-0.15, -0.1) is 0 Å². The zero-order valence-electron chi connectivity index (χ0n) is 14.2. The van der Waals surface area contributed by atoms with Gasteiger partial charge in [0.15, 0.2) is 0 Å². The fourth-order valence-electron chi connectivity index (χ4n) is 2.50. The molecule has 0 radical (unpaired) electrons. The molecule has 0 aliphatic carbocycles. The van der Waals surface area contributed by atoms with Gasteiger partial charge in [-0.1, -0.05) is 50.6 Å². The molecule has 2 rings (SSSR count). The number of aryl methyl sites for hydroxylation is 1. The Morgan fingerprint density at radius 1 is 1.00 bits per heavy atom. The highest BCUT2D eigenvalue weighted by Crippen LogP contribution is 2.24. The first-order valence-corrected chi connectivity index (χ1v) is 9.77. The van der Waals surface area contributed by atoms with E-state index in [2.05, 4.69) is 6.92 Å². The Hall–Kier alpha value is -1.85. The van der Waals surface area contributed by atoms with E-state index in [1.165, 1.54) is 4.31 Å². The Labute approximate surface area is 144 Å². The van der Waals surface area contributed by atoms with Crippen LogP contribution in [0, 0.1) is 0 Å². The van der Waals surface area contributed by atoms with Crippen LogP contribution in [0.1, 0.15) is 32.3 Å². The van der Waals surface area contributed by atoms with E-state index >= 15 is 0 Å². The third kappa shape index (κ3) is 4.36. The summed E-state index contributed by atoms with van der Waals surface area (Å²) in [5.41, 5.74) is 1.68. The Kier molecular flexibility index (Phi) is 6.40. The second-order valence-corrected chi connectivity index (χ2v) is 7.69. The summed E-state index contributed by atoms with van der Waals surface area (Å²) >= 11 is 0. The molecule has 0 bridgehead atoms. The fourth-order valence-corrected chi connectivity index (χ4v) is 4.00. The third-order valence-electron chi connectivity index (χ3n) is 3.94. The van der Waals surface area contributed by atoms with Crippen LogP contribution < -0.4 is 4.31 Å². The number of rotatable bonds is 8. The average molecular weight is 347 g/mol. The average Bonchev–Trinajstić information content (AvgIpc) is 2.60. The van der Waals surface area contributed by atoms with Gasteiger partial charge in [-0.05, 0) is 42.7 Å². The SMILES string of the molecule is CCCc1ccc(S(=O)(=O)N(C[C@@H](O)CC)c2ccccc2)cc1. The quantitative estimate of drug-likeness (QED) is 0.794. The van der Waals surface area contributed by atoms with Gasteiger partial charge in [0, 0.05) is 0 Å². The van der Waals surface area contributed by atoms with Crippen LogP contribution in [-0.2, 0) is 16.4 Å². The fraction of sp³-hybridized carbons (Fsp3) is 0.368. The monoisotopic (exact) mass is 347 g/mol. The summed E-state index contributed by atoms with van der Waals surface area (Å²) < 4.78 is 27.4. The van der Waals surface area contributed by atoms with E-state index in [9.17, 15) is 13.5 Å². The first kappa shape index (κ1) is 18.5. The minimum Gasteiger partial charge on any atom is -0.391 e. The first-order chi connectivity index (χ1) is 11.5. The second kappa shape index (κ2) is 8.31. The largest absolute Gasteiger partial charge is 0.391 e. The normalized spacial score (nSPS) is 12.8. The van der Waals surface area contributed by atoms with E-state index in [1.807, 2.05) is 25.1 Å². The lowest BCUT2D eigenvalue weighted by atomic mass is 10.1. The highest BCUT2D eigenvalue weighted by molar-refractivity contribution is 7.92. The molecule has 0 aromatic heterocycles. The van der Waals surface area contributed by atoms with Crippen molar-refractivity contribution in [3.63, 3.8) is 0 Å². The maximum absolute atomic E-state index is 13.1. The molecular weight excluding hydrogens is 322 g/mol. The Morgan fingerprint density at radius 2 is 1.62 bits per heavy atom.